The third-order valence-corrected chi connectivity index (χ3v) is 3.30. The van der Waals surface area contributed by atoms with Gasteiger partial charge < -0.3 is 9.47 Å². The summed E-state index contributed by atoms with van der Waals surface area (Å²) in [6, 6.07) is 13.9. The Morgan fingerprint density at radius 3 is 2.40 bits per heavy atom. The van der Waals surface area contributed by atoms with E-state index in [4.69, 9.17) is 9.47 Å². The largest absolute Gasteiger partial charge is 0.490 e. The highest BCUT2D eigenvalue weighted by atomic mass is 19.2. The van der Waals surface area contributed by atoms with Crippen molar-refractivity contribution in [1.82, 2.24) is 9.55 Å². The standard InChI is InChI=1S/C18H14F2N2O3/c19-15-7-6-13(12-16(15)20)22-9-8-17(21-18(22)23)25-11-10-24-14-4-2-1-3-5-14/h1-9,12H,10-11H2. The molecule has 1 heterocycles. The molecular weight excluding hydrogens is 330 g/mol. The number of para-hydroxylation sites is 1. The molecule has 0 unspecified atom stereocenters. The van der Waals surface area contributed by atoms with Gasteiger partial charge in [-0.15, -0.1) is 0 Å². The summed E-state index contributed by atoms with van der Waals surface area (Å²) in [4.78, 5) is 15.8. The average Bonchev–Trinajstić information content (AvgIpc) is 2.62. The number of hydrogen-bond donors (Lipinski definition) is 0. The molecule has 0 amide bonds. The molecule has 0 saturated carbocycles. The van der Waals surface area contributed by atoms with Crippen molar-refractivity contribution in [3.05, 3.63) is 82.9 Å². The van der Waals surface area contributed by atoms with Crippen molar-refractivity contribution in [2.45, 2.75) is 0 Å². The molecule has 5 nitrogen and oxygen atoms in total. The summed E-state index contributed by atoms with van der Waals surface area (Å²) < 4.78 is 38.2. The van der Waals surface area contributed by atoms with Gasteiger partial charge >= 0.3 is 5.69 Å². The Hall–Kier alpha value is -3.22. The number of rotatable bonds is 6. The minimum atomic E-state index is -1.04. The van der Waals surface area contributed by atoms with E-state index in [2.05, 4.69) is 4.98 Å². The SMILES string of the molecule is O=c1nc(OCCOc2ccccc2)ccn1-c1ccc(F)c(F)c1. The molecule has 0 bridgehead atoms. The zero-order valence-electron chi connectivity index (χ0n) is 13.1. The molecule has 2 aromatic carbocycles. The third-order valence-electron chi connectivity index (χ3n) is 3.30. The molecule has 3 aromatic rings. The van der Waals surface area contributed by atoms with Crippen LogP contribution in [-0.2, 0) is 0 Å². The van der Waals surface area contributed by atoms with Crippen molar-refractivity contribution in [2.75, 3.05) is 13.2 Å². The molecular formula is C18H14F2N2O3. The van der Waals surface area contributed by atoms with Gasteiger partial charge in [-0.1, -0.05) is 18.2 Å². The first kappa shape index (κ1) is 16.6. The second-order valence-electron chi connectivity index (χ2n) is 5.03. The summed E-state index contributed by atoms with van der Waals surface area (Å²) in [6.45, 7) is 0.495. The van der Waals surface area contributed by atoms with Crippen molar-refractivity contribution in [2.24, 2.45) is 0 Å². The first-order valence-corrected chi connectivity index (χ1v) is 7.49. The summed E-state index contributed by atoms with van der Waals surface area (Å²) in [6.07, 6.45) is 1.38. The van der Waals surface area contributed by atoms with Gasteiger partial charge in [0.25, 0.3) is 0 Å². The smallest absolute Gasteiger partial charge is 0.355 e. The van der Waals surface area contributed by atoms with E-state index in [1.54, 1.807) is 0 Å². The monoisotopic (exact) mass is 344 g/mol. The van der Waals surface area contributed by atoms with Gasteiger partial charge in [0.15, 0.2) is 11.6 Å². The summed E-state index contributed by atoms with van der Waals surface area (Å²) in [5.74, 6) is -1.18. The lowest BCUT2D eigenvalue weighted by atomic mass is 10.3. The highest BCUT2D eigenvalue weighted by molar-refractivity contribution is 5.33. The molecule has 0 spiro atoms. The maximum absolute atomic E-state index is 13.3. The fraction of sp³-hybridized carbons (Fsp3) is 0.111. The predicted molar refractivity (Wildman–Crippen MR) is 87.2 cm³/mol. The first-order chi connectivity index (χ1) is 12.1. The van der Waals surface area contributed by atoms with E-state index in [0.717, 1.165) is 16.7 Å². The van der Waals surface area contributed by atoms with E-state index in [1.165, 1.54) is 18.3 Å². The Labute approximate surface area is 142 Å². The van der Waals surface area contributed by atoms with Crippen LogP contribution in [0.3, 0.4) is 0 Å². The minimum absolute atomic E-state index is 0.125. The van der Waals surface area contributed by atoms with Gasteiger partial charge in [-0.2, -0.15) is 4.98 Å². The Balaban J connectivity index is 1.62. The molecule has 0 N–H and O–H groups in total. The van der Waals surface area contributed by atoms with Crippen molar-refractivity contribution in [3.63, 3.8) is 0 Å². The second kappa shape index (κ2) is 7.57. The number of ether oxygens (including phenoxy) is 2. The molecule has 0 aliphatic rings. The molecule has 25 heavy (non-hydrogen) atoms. The second-order valence-corrected chi connectivity index (χ2v) is 5.03. The zero-order chi connectivity index (χ0) is 17.6. The average molecular weight is 344 g/mol. The Morgan fingerprint density at radius 2 is 1.68 bits per heavy atom. The van der Waals surface area contributed by atoms with E-state index >= 15 is 0 Å². The number of aromatic nitrogens is 2. The number of benzene rings is 2. The van der Waals surface area contributed by atoms with Gasteiger partial charge in [0.1, 0.15) is 19.0 Å². The van der Waals surface area contributed by atoms with Gasteiger partial charge in [0.05, 0.1) is 5.69 Å². The first-order valence-electron chi connectivity index (χ1n) is 7.49. The van der Waals surface area contributed by atoms with E-state index in [1.807, 2.05) is 30.3 Å². The third kappa shape index (κ3) is 4.20. The maximum Gasteiger partial charge on any atom is 0.355 e. The van der Waals surface area contributed by atoms with Crippen LogP contribution in [0.5, 0.6) is 11.6 Å². The molecule has 7 heteroatoms. The van der Waals surface area contributed by atoms with Crippen molar-refractivity contribution in [3.8, 4) is 17.3 Å². The van der Waals surface area contributed by atoms with Crippen molar-refractivity contribution in [1.29, 1.82) is 0 Å². The van der Waals surface area contributed by atoms with Crippen LogP contribution >= 0.6 is 0 Å². The van der Waals surface area contributed by atoms with E-state index in [9.17, 15) is 13.6 Å². The van der Waals surface area contributed by atoms with Crippen LogP contribution in [0.15, 0.2) is 65.6 Å². The van der Waals surface area contributed by atoms with Crippen LogP contribution < -0.4 is 15.2 Å². The zero-order valence-corrected chi connectivity index (χ0v) is 13.1. The topological polar surface area (TPSA) is 53.4 Å². The van der Waals surface area contributed by atoms with Gasteiger partial charge in [-0.3, -0.25) is 4.57 Å². The fourth-order valence-electron chi connectivity index (χ4n) is 2.12. The van der Waals surface area contributed by atoms with Crippen LogP contribution in [0.4, 0.5) is 8.78 Å². The van der Waals surface area contributed by atoms with Gasteiger partial charge in [-0.25, -0.2) is 13.6 Å². The quantitative estimate of drug-likeness (QED) is 0.645. The van der Waals surface area contributed by atoms with E-state index < -0.39 is 17.3 Å². The van der Waals surface area contributed by atoms with Gasteiger partial charge in [-0.05, 0) is 24.3 Å². The van der Waals surface area contributed by atoms with Crippen LogP contribution in [0, 0.1) is 11.6 Å². The van der Waals surface area contributed by atoms with Gasteiger partial charge in [0.2, 0.25) is 5.88 Å². The lowest BCUT2D eigenvalue weighted by molar-refractivity contribution is 0.211. The van der Waals surface area contributed by atoms with Crippen molar-refractivity contribution < 1.29 is 18.3 Å². The summed E-state index contributed by atoms with van der Waals surface area (Å²) in [7, 11) is 0. The van der Waals surface area contributed by atoms with E-state index in [0.29, 0.717) is 5.75 Å². The van der Waals surface area contributed by atoms with E-state index in [-0.39, 0.29) is 24.8 Å². The van der Waals surface area contributed by atoms with Crippen LogP contribution in [0.2, 0.25) is 0 Å². The van der Waals surface area contributed by atoms with Crippen LogP contribution in [0.1, 0.15) is 0 Å². The lowest BCUT2D eigenvalue weighted by Gasteiger charge is -2.09. The lowest BCUT2D eigenvalue weighted by Crippen LogP contribution is -2.22. The van der Waals surface area contributed by atoms with Crippen molar-refractivity contribution >= 4 is 0 Å². The van der Waals surface area contributed by atoms with Gasteiger partial charge in [0, 0.05) is 18.3 Å². The molecule has 128 valence electrons. The number of hydrogen-bond acceptors (Lipinski definition) is 4. The Morgan fingerprint density at radius 1 is 0.920 bits per heavy atom. The molecule has 0 aliphatic carbocycles. The molecule has 0 fully saturated rings. The Bertz CT molecular complexity index is 914. The highest BCUT2D eigenvalue weighted by Gasteiger charge is 2.07. The molecule has 3 rings (SSSR count). The molecule has 0 saturated heterocycles. The van der Waals surface area contributed by atoms with Crippen LogP contribution in [-0.4, -0.2) is 22.8 Å². The molecule has 0 atom stereocenters. The molecule has 1 aromatic heterocycles. The minimum Gasteiger partial charge on any atom is -0.490 e. The highest BCUT2D eigenvalue weighted by Crippen LogP contribution is 2.12. The molecule has 0 radical (unpaired) electrons. The predicted octanol–water partition coefficient (Wildman–Crippen LogP) is 2.97. The summed E-state index contributed by atoms with van der Waals surface area (Å²) in [5.41, 5.74) is -0.483. The molecule has 0 aliphatic heterocycles. The fourth-order valence-corrected chi connectivity index (χ4v) is 2.12. The number of nitrogens with zero attached hydrogens (tertiary/aromatic N) is 2. The maximum atomic E-state index is 13.3. The van der Waals surface area contributed by atoms with Crippen LogP contribution in [0.25, 0.3) is 5.69 Å². The normalized spacial score (nSPS) is 10.5. The summed E-state index contributed by atoms with van der Waals surface area (Å²) >= 11 is 0. The number of halogens is 2. The summed E-state index contributed by atoms with van der Waals surface area (Å²) in [5, 5.41) is 0. The Kier molecular flexibility index (Phi) is 5.03.